The molecule has 2 N–H and O–H groups in total. The Bertz CT molecular complexity index is 1480. The number of ether oxygens (including phenoxy) is 1. The van der Waals surface area contributed by atoms with Crippen molar-refractivity contribution < 1.29 is 14.3 Å². The topological polar surface area (TPSA) is 77.7 Å². The number of hydrogen-bond acceptors (Lipinski definition) is 6. The van der Waals surface area contributed by atoms with Crippen molar-refractivity contribution in [3.63, 3.8) is 0 Å². The number of H-pyrrole nitrogens is 1. The summed E-state index contributed by atoms with van der Waals surface area (Å²) in [5, 5.41) is 4.84. The van der Waals surface area contributed by atoms with Gasteiger partial charge >= 0.3 is 0 Å². The van der Waals surface area contributed by atoms with E-state index in [1.54, 1.807) is 11.3 Å². The lowest BCUT2D eigenvalue weighted by Gasteiger charge is -2.35. The molecule has 3 aliphatic heterocycles. The maximum absolute atomic E-state index is 14.0. The molecule has 2 bridgehead atoms. The lowest BCUT2D eigenvalue weighted by Crippen LogP contribution is -2.46. The second-order valence-electron chi connectivity index (χ2n) is 14.1. The molecule has 43 heavy (non-hydrogen) atoms. The van der Waals surface area contributed by atoms with Gasteiger partial charge in [-0.2, -0.15) is 0 Å². The van der Waals surface area contributed by atoms with E-state index in [1.807, 2.05) is 4.90 Å². The highest BCUT2D eigenvalue weighted by Gasteiger charge is 2.50. The molecular weight excluding hydrogens is 556 g/mol. The number of ketones is 1. The van der Waals surface area contributed by atoms with Crippen molar-refractivity contribution in [1.82, 2.24) is 20.1 Å². The van der Waals surface area contributed by atoms with Gasteiger partial charge in [0.25, 0.3) is 0 Å². The number of likely N-dealkylation sites (tertiary alicyclic amines) is 1. The molecule has 1 amide bonds. The Balaban J connectivity index is 1.16. The molecule has 3 aromatic rings. The van der Waals surface area contributed by atoms with Crippen LogP contribution in [0.2, 0.25) is 0 Å². The Morgan fingerprint density at radius 3 is 2.33 bits per heavy atom. The van der Waals surface area contributed by atoms with Crippen LogP contribution < -0.4 is 5.32 Å². The summed E-state index contributed by atoms with van der Waals surface area (Å²) in [5.41, 5.74) is 5.72. The minimum atomic E-state index is -0.516. The lowest BCUT2D eigenvalue weighted by atomic mass is 9.76. The number of carbonyl (C=O) groups is 2. The van der Waals surface area contributed by atoms with Crippen molar-refractivity contribution in [3.8, 4) is 11.3 Å². The number of amides is 1. The maximum atomic E-state index is 14.0. The van der Waals surface area contributed by atoms with E-state index in [-0.39, 0.29) is 11.8 Å². The van der Waals surface area contributed by atoms with Crippen LogP contribution in [0.4, 0.5) is 0 Å². The first-order chi connectivity index (χ1) is 20.7. The Kier molecular flexibility index (Phi) is 7.77. The monoisotopic (exact) mass is 602 g/mol. The molecule has 0 radical (unpaired) electrons. The molecule has 7 rings (SSSR count). The molecule has 1 saturated carbocycles. The minimum absolute atomic E-state index is 0.111. The first-order valence-corrected chi connectivity index (χ1v) is 17.1. The number of Topliss-reactive ketones (excluding diaryl/α,β-unsaturated/α-hetero) is 1. The highest BCUT2D eigenvalue weighted by Crippen LogP contribution is 2.46. The number of morpholine rings is 1. The van der Waals surface area contributed by atoms with E-state index in [9.17, 15) is 9.59 Å². The predicted molar refractivity (Wildman–Crippen MR) is 173 cm³/mol. The Labute approximate surface area is 259 Å². The van der Waals surface area contributed by atoms with Crippen LogP contribution in [0.5, 0.6) is 0 Å². The average molecular weight is 603 g/mol. The van der Waals surface area contributed by atoms with Crippen LogP contribution in [0, 0.1) is 31.6 Å². The van der Waals surface area contributed by atoms with E-state index in [2.05, 4.69) is 67.2 Å². The zero-order chi connectivity index (χ0) is 29.9. The van der Waals surface area contributed by atoms with Crippen LogP contribution in [-0.4, -0.2) is 78.5 Å². The summed E-state index contributed by atoms with van der Waals surface area (Å²) < 4.78 is 5.46. The molecule has 2 aromatic heterocycles. The van der Waals surface area contributed by atoms with E-state index in [4.69, 9.17) is 4.74 Å². The van der Waals surface area contributed by atoms with Gasteiger partial charge in [-0.25, -0.2) is 0 Å². The number of piperidine rings is 2. The summed E-state index contributed by atoms with van der Waals surface area (Å²) >= 11 is 1.76. The van der Waals surface area contributed by atoms with Crippen molar-refractivity contribution in [2.45, 2.75) is 71.4 Å². The minimum Gasteiger partial charge on any atom is -0.378 e. The van der Waals surface area contributed by atoms with E-state index < -0.39 is 5.41 Å². The number of thiophene rings is 1. The number of aromatic nitrogens is 1. The summed E-state index contributed by atoms with van der Waals surface area (Å²) in [7, 11) is 0. The Hall–Kier alpha value is -2.52. The first-order valence-electron chi connectivity index (χ1n) is 16.3. The van der Waals surface area contributed by atoms with E-state index in [0.717, 1.165) is 68.2 Å². The second kappa shape index (κ2) is 11.4. The number of fused-ring (bicyclic) bond motifs is 3. The molecule has 0 spiro atoms. The van der Waals surface area contributed by atoms with Gasteiger partial charge < -0.3 is 19.9 Å². The van der Waals surface area contributed by atoms with Gasteiger partial charge in [0.2, 0.25) is 5.91 Å². The smallest absolute Gasteiger partial charge is 0.225 e. The first kappa shape index (κ1) is 29.2. The summed E-state index contributed by atoms with van der Waals surface area (Å²) in [6.45, 7) is 15.0. The molecule has 5 heterocycles. The zero-order valence-corrected chi connectivity index (χ0v) is 26.9. The van der Waals surface area contributed by atoms with Crippen LogP contribution in [0.15, 0.2) is 24.3 Å². The Morgan fingerprint density at radius 1 is 0.977 bits per heavy atom. The highest BCUT2D eigenvalue weighted by atomic mass is 32.1. The molecule has 1 aromatic carbocycles. The summed E-state index contributed by atoms with van der Waals surface area (Å²) in [5.74, 6) is 1.45. The second-order valence-corrected chi connectivity index (χ2v) is 15.1. The fourth-order valence-corrected chi connectivity index (χ4v) is 9.45. The number of nitrogens with one attached hydrogen (secondary N) is 2. The highest BCUT2D eigenvalue weighted by molar-refractivity contribution is 7.19. The van der Waals surface area contributed by atoms with Gasteiger partial charge in [-0.15, -0.1) is 11.3 Å². The number of benzene rings is 1. The average Bonchev–Trinajstić information content (AvgIpc) is 3.78. The number of carbonyl (C=O) groups excluding carboxylic acids is 2. The van der Waals surface area contributed by atoms with Gasteiger partial charge in [-0.1, -0.05) is 17.2 Å². The van der Waals surface area contributed by atoms with Crippen LogP contribution in [0.1, 0.15) is 61.1 Å². The quantitative estimate of drug-likeness (QED) is 0.377. The van der Waals surface area contributed by atoms with Gasteiger partial charge in [-0.05, 0) is 103 Å². The SMILES string of the molecule is Cc1cc(C)cc(-c2[nH]c3sc(C(C)(C)C(=O)C4C5CCC4NC5)cc3c2CN2CCC(C(=O)N3CCOCC3)CC2)c1. The van der Waals surface area contributed by atoms with Crippen LogP contribution >= 0.6 is 11.3 Å². The van der Waals surface area contributed by atoms with Crippen molar-refractivity contribution in [2.75, 3.05) is 45.9 Å². The molecule has 7 nitrogen and oxygen atoms in total. The maximum Gasteiger partial charge on any atom is 0.225 e. The van der Waals surface area contributed by atoms with E-state index in [1.165, 1.54) is 39.8 Å². The third kappa shape index (κ3) is 5.39. The van der Waals surface area contributed by atoms with Crippen LogP contribution in [0.3, 0.4) is 0 Å². The number of aryl methyl sites for hydroxylation is 2. The van der Waals surface area contributed by atoms with Gasteiger partial charge in [0.1, 0.15) is 10.6 Å². The van der Waals surface area contributed by atoms with Gasteiger partial charge in [0, 0.05) is 53.3 Å². The summed E-state index contributed by atoms with van der Waals surface area (Å²) in [6.07, 6.45) is 4.10. The number of nitrogens with zero attached hydrogens (tertiary/aromatic N) is 2. The Morgan fingerprint density at radius 2 is 1.70 bits per heavy atom. The summed E-state index contributed by atoms with van der Waals surface area (Å²) in [6, 6.07) is 9.44. The fourth-order valence-electron chi connectivity index (χ4n) is 8.25. The largest absolute Gasteiger partial charge is 0.378 e. The number of hydrogen-bond donors (Lipinski definition) is 2. The summed E-state index contributed by atoms with van der Waals surface area (Å²) in [4.78, 5) is 37.8. The van der Waals surface area contributed by atoms with Crippen LogP contribution in [-0.2, 0) is 26.3 Å². The molecule has 1 aliphatic carbocycles. The van der Waals surface area contributed by atoms with Gasteiger partial charge in [0.15, 0.2) is 0 Å². The van der Waals surface area contributed by atoms with Gasteiger partial charge in [0.05, 0.1) is 24.3 Å². The molecule has 4 fully saturated rings. The standard InChI is InChI=1S/C35H46N4O3S/c1-21-15-22(2)17-25(16-21)31-27(20-38-9-7-23(8-10-38)34(41)39-11-13-42-14-12-39)26-18-29(43-33(26)37-31)35(3,4)32(40)30-24-5-6-28(30)36-19-24/h15-18,23-24,28,30,36-37H,5-14,19-20H2,1-4H3. The van der Waals surface area contributed by atoms with Crippen molar-refractivity contribution in [1.29, 1.82) is 0 Å². The molecule has 230 valence electrons. The van der Waals surface area contributed by atoms with Crippen LogP contribution in [0.25, 0.3) is 21.5 Å². The number of aromatic amines is 1. The molecule has 8 heteroatoms. The molecular formula is C35H46N4O3S. The van der Waals surface area contributed by atoms with Crippen molar-refractivity contribution >= 4 is 33.2 Å². The van der Waals surface area contributed by atoms with E-state index in [0.29, 0.717) is 36.9 Å². The zero-order valence-electron chi connectivity index (χ0n) is 26.1. The predicted octanol–water partition coefficient (Wildman–Crippen LogP) is 5.43. The van der Waals surface area contributed by atoms with E-state index >= 15 is 0 Å². The molecule has 3 atom stereocenters. The normalized spacial score (nSPS) is 25.2. The molecule has 3 unspecified atom stereocenters. The third-order valence-corrected chi connectivity index (χ3v) is 12.1. The third-order valence-electron chi connectivity index (χ3n) is 10.7. The molecule has 4 aliphatic rings. The van der Waals surface area contributed by atoms with Crippen molar-refractivity contribution in [2.24, 2.45) is 17.8 Å². The number of rotatable bonds is 7. The van der Waals surface area contributed by atoms with Gasteiger partial charge in [-0.3, -0.25) is 14.5 Å². The fraction of sp³-hybridized carbons (Fsp3) is 0.600. The molecule has 3 saturated heterocycles. The van der Waals surface area contributed by atoms with Crippen molar-refractivity contribution in [3.05, 3.63) is 45.8 Å². The lowest BCUT2D eigenvalue weighted by molar-refractivity contribution is -0.141.